The lowest BCUT2D eigenvalue weighted by atomic mass is 10.1. The number of nitrogens with zero attached hydrogens (tertiary/aromatic N) is 3. The molecular weight excluding hydrogens is 262 g/mol. The maximum atomic E-state index is 12.4. The van der Waals surface area contributed by atoms with E-state index in [1.54, 1.807) is 15.3 Å². The Bertz CT molecular complexity index is 870. The molecule has 0 N–H and O–H groups in total. The van der Waals surface area contributed by atoms with E-state index in [1.165, 1.54) is 5.56 Å². The van der Waals surface area contributed by atoms with Crippen molar-refractivity contribution in [3.05, 3.63) is 63.1 Å². The number of fused-ring (bicyclic) bond motifs is 1. The van der Waals surface area contributed by atoms with Crippen molar-refractivity contribution in [2.24, 2.45) is 7.05 Å². The summed E-state index contributed by atoms with van der Waals surface area (Å²) in [5.74, 6) is 0. The minimum atomic E-state index is 0.0172. The summed E-state index contributed by atoms with van der Waals surface area (Å²) in [4.78, 5) is 12.4. The number of aromatic nitrogens is 3. The van der Waals surface area contributed by atoms with E-state index >= 15 is 0 Å². The summed E-state index contributed by atoms with van der Waals surface area (Å²) in [6, 6.07) is 9.97. The lowest BCUT2D eigenvalue weighted by Gasteiger charge is -2.11. The van der Waals surface area contributed by atoms with Gasteiger partial charge in [-0.05, 0) is 31.9 Å². The first-order valence-electron chi connectivity index (χ1n) is 7.06. The van der Waals surface area contributed by atoms with Gasteiger partial charge in [0.2, 0.25) is 0 Å². The first-order valence-corrected chi connectivity index (χ1v) is 7.06. The Labute approximate surface area is 123 Å². The lowest BCUT2D eigenvalue weighted by molar-refractivity contribution is 0.708. The van der Waals surface area contributed by atoms with Gasteiger partial charge in [-0.25, -0.2) is 0 Å². The van der Waals surface area contributed by atoms with Gasteiger partial charge < -0.3 is 0 Å². The normalized spacial score (nSPS) is 11.2. The van der Waals surface area contributed by atoms with E-state index in [0.29, 0.717) is 6.54 Å². The number of hydrogen-bond acceptors (Lipinski definition) is 2. The van der Waals surface area contributed by atoms with Crippen molar-refractivity contribution in [2.45, 2.75) is 27.3 Å². The highest BCUT2D eigenvalue weighted by molar-refractivity contribution is 5.82. The molecule has 0 unspecified atom stereocenters. The fourth-order valence-electron chi connectivity index (χ4n) is 2.89. The number of rotatable bonds is 2. The predicted octanol–water partition coefficient (Wildman–Crippen LogP) is 2.71. The molecule has 0 atom stereocenters. The molecule has 4 nitrogen and oxygen atoms in total. The van der Waals surface area contributed by atoms with Crippen LogP contribution in [0.15, 0.2) is 35.1 Å². The molecule has 108 valence electrons. The molecule has 0 saturated carbocycles. The molecule has 21 heavy (non-hydrogen) atoms. The summed E-state index contributed by atoms with van der Waals surface area (Å²) in [6.45, 7) is 6.57. The van der Waals surface area contributed by atoms with E-state index in [-0.39, 0.29) is 5.56 Å². The Hall–Kier alpha value is -2.36. The van der Waals surface area contributed by atoms with Crippen LogP contribution >= 0.6 is 0 Å². The third kappa shape index (κ3) is 2.27. The monoisotopic (exact) mass is 281 g/mol. The Morgan fingerprint density at radius 1 is 1.10 bits per heavy atom. The lowest BCUT2D eigenvalue weighted by Crippen LogP contribution is -2.22. The zero-order valence-electron chi connectivity index (χ0n) is 12.8. The molecule has 2 heterocycles. The van der Waals surface area contributed by atoms with Crippen molar-refractivity contribution < 1.29 is 0 Å². The number of benzene rings is 1. The van der Waals surface area contributed by atoms with Crippen molar-refractivity contribution in [3.63, 3.8) is 0 Å². The Kier molecular flexibility index (Phi) is 3.16. The second-order valence-electron chi connectivity index (χ2n) is 5.64. The molecule has 0 aliphatic carbocycles. The summed E-state index contributed by atoms with van der Waals surface area (Å²) < 4.78 is 3.60. The van der Waals surface area contributed by atoms with Crippen molar-refractivity contribution >= 4 is 11.0 Å². The standard InChI is InChI=1S/C17H19N3O/c1-11-5-7-14(8-6-11)10-20-15(21)9-12(2)16-13(3)18-19(4)17(16)20/h5-9H,10H2,1-4H3. The molecule has 4 heteroatoms. The fraction of sp³-hybridized carbons (Fsp3) is 0.294. The number of aryl methyl sites for hydroxylation is 4. The van der Waals surface area contributed by atoms with Gasteiger partial charge in [0.15, 0.2) is 0 Å². The van der Waals surface area contributed by atoms with Crippen LogP contribution < -0.4 is 5.56 Å². The van der Waals surface area contributed by atoms with Gasteiger partial charge in [-0.15, -0.1) is 0 Å². The van der Waals surface area contributed by atoms with E-state index < -0.39 is 0 Å². The van der Waals surface area contributed by atoms with E-state index in [2.05, 4.69) is 36.3 Å². The summed E-state index contributed by atoms with van der Waals surface area (Å²) in [5, 5.41) is 5.54. The smallest absolute Gasteiger partial charge is 0.252 e. The second kappa shape index (κ2) is 4.88. The Morgan fingerprint density at radius 3 is 2.43 bits per heavy atom. The second-order valence-corrected chi connectivity index (χ2v) is 5.64. The molecule has 0 spiro atoms. The average Bonchev–Trinajstić information content (AvgIpc) is 2.72. The molecule has 1 aromatic carbocycles. The third-order valence-corrected chi connectivity index (χ3v) is 3.91. The van der Waals surface area contributed by atoms with E-state index in [0.717, 1.165) is 27.9 Å². The van der Waals surface area contributed by atoms with Crippen LogP contribution in [0.5, 0.6) is 0 Å². The first-order chi connectivity index (χ1) is 9.97. The van der Waals surface area contributed by atoms with Gasteiger partial charge in [0.25, 0.3) is 5.56 Å². The van der Waals surface area contributed by atoms with Crippen LogP contribution in [0.25, 0.3) is 11.0 Å². The fourth-order valence-corrected chi connectivity index (χ4v) is 2.89. The van der Waals surface area contributed by atoms with Crippen LogP contribution in [0, 0.1) is 20.8 Å². The zero-order valence-corrected chi connectivity index (χ0v) is 12.8. The van der Waals surface area contributed by atoms with Crippen LogP contribution in [0.3, 0.4) is 0 Å². The van der Waals surface area contributed by atoms with Crippen molar-refractivity contribution in [1.29, 1.82) is 0 Å². The van der Waals surface area contributed by atoms with Gasteiger partial charge in [-0.1, -0.05) is 29.8 Å². The highest BCUT2D eigenvalue weighted by Gasteiger charge is 2.14. The molecule has 2 aromatic heterocycles. The van der Waals surface area contributed by atoms with Gasteiger partial charge in [0, 0.05) is 18.5 Å². The molecule has 0 aliphatic heterocycles. The van der Waals surface area contributed by atoms with Crippen molar-refractivity contribution in [3.8, 4) is 0 Å². The Morgan fingerprint density at radius 2 is 1.76 bits per heavy atom. The van der Waals surface area contributed by atoms with Gasteiger partial charge in [0.1, 0.15) is 5.65 Å². The molecule has 0 amide bonds. The minimum absolute atomic E-state index is 0.0172. The van der Waals surface area contributed by atoms with Crippen LogP contribution in [0.1, 0.15) is 22.4 Å². The van der Waals surface area contributed by atoms with Crippen LogP contribution in [-0.4, -0.2) is 14.3 Å². The molecule has 0 fully saturated rings. The molecule has 0 bridgehead atoms. The van der Waals surface area contributed by atoms with Gasteiger partial charge >= 0.3 is 0 Å². The number of hydrogen-bond donors (Lipinski definition) is 0. The minimum Gasteiger partial charge on any atom is -0.288 e. The van der Waals surface area contributed by atoms with Crippen LogP contribution in [-0.2, 0) is 13.6 Å². The Balaban J connectivity index is 2.22. The first kappa shape index (κ1) is 13.6. The van der Waals surface area contributed by atoms with Crippen LogP contribution in [0.4, 0.5) is 0 Å². The average molecular weight is 281 g/mol. The maximum Gasteiger partial charge on any atom is 0.252 e. The summed E-state index contributed by atoms with van der Waals surface area (Å²) in [5.41, 5.74) is 5.19. The van der Waals surface area contributed by atoms with E-state index in [4.69, 9.17) is 0 Å². The largest absolute Gasteiger partial charge is 0.288 e. The highest BCUT2D eigenvalue weighted by Crippen LogP contribution is 2.20. The maximum absolute atomic E-state index is 12.4. The van der Waals surface area contributed by atoms with Crippen molar-refractivity contribution in [2.75, 3.05) is 0 Å². The highest BCUT2D eigenvalue weighted by atomic mass is 16.1. The van der Waals surface area contributed by atoms with Crippen LogP contribution in [0.2, 0.25) is 0 Å². The summed E-state index contributed by atoms with van der Waals surface area (Å²) >= 11 is 0. The van der Waals surface area contributed by atoms with E-state index in [1.807, 2.05) is 20.9 Å². The SMILES string of the molecule is Cc1ccc(Cn2c(=O)cc(C)c3c(C)nn(C)c32)cc1. The van der Waals surface area contributed by atoms with Gasteiger partial charge in [-0.2, -0.15) is 5.10 Å². The summed E-state index contributed by atoms with van der Waals surface area (Å²) in [7, 11) is 1.89. The van der Waals surface area contributed by atoms with Crippen molar-refractivity contribution in [1.82, 2.24) is 14.3 Å². The van der Waals surface area contributed by atoms with Gasteiger partial charge in [0.05, 0.1) is 12.2 Å². The summed E-state index contributed by atoms with van der Waals surface area (Å²) in [6.07, 6.45) is 0. The molecule has 3 aromatic rings. The van der Waals surface area contributed by atoms with Gasteiger partial charge in [-0.3, -0.25) is 14.0 Å². The zero-order chi connectivity index (χ0) is 15.1. The molecular formula is C17H19N3O. The molecule has 0 aliphatic rings. The number of pyridine rings is 1. The van der Waals surface area contributed by atoms with E-state index in [9.17, 15) is 4.79 Å². The quantitative estimate of drug-likeness (QED) is 0.724. The molecule has 0 radical (unpaired) electrons. The topological polar surface area (TPSA) is 39.8 Å². The third-order valence-electron chi connectivity index (χ3n) is 3.91. The predicted molar refractivity (Wildman–Crippen MR) is 84.7 cm³/mol. The molecule has 3 rings (SSSR count). The molecule has 0 saturated heterocycles.